The van der Waals surface area contributed by atoms with Crippen LogP contribution in [-0.4, -0.2) is 35.4 Å². The summed E-state index contributed by atoms with van der Waals surface area (Å²) in [5.41, 5.74) is 3.63. The Morgan fingerprint density at radius 2 is 1.97 bits per heavy atom. The molecule has 9 nitrogen and oxygen atoms in total. The van der Waals surface area contributed by atoms with E-state index < -0.39 is 6.09 Å². The minimum Gasteiger partial charge on any atom is -0.489 e. The number of aromatic nitrogens is 2. The number of carbonyl (C=O) groups excluding carboxylic acids is 1. The normalized spacial score (nSPS) is 13.3. The maximum atomic E-state index is 11.6. The van der Waals surface area contributed by atoms with E-state index in [4.69, 9.17) is 14.2 Å². The van der Waals surface area contributed by atoms with Crippen LogP contribution in [0.2, 0.25) is 0 Å². The summed E-state index contributed by atoms with van der Waals surface area (Å²) in [6.07, 6.45) is 2.80. The zero-order valence-corrected chi connectivity index (χ0v) is 20.0. The van der Waals surface area contributed by atoms with Crippen molar-refractivity contribution in [2.24, 2.45) is 0 Å². The van der Waals surface area contributed by atoms with Crippen molar-refractivity contribution in [3.8, 4) is 23.1 Å². The van der Waals surface area contributed by atoms with Crippen molar-refractivity contribution >= 4 is 17.7 Å². The highest BCUT2D eigenvalue weighted by Crippen LogP contribution is 2.28. The van der Waals surface area contributed by atoms with Crippen LogP contribution in [0.3, 0.4) is 0 Å². The quantitative estimate of drug-likeness (QED) is 0.424. The third-order valence-corrected chi connectivity index (χ3v) is 5.43. The van der Waals surface area contributed by atoms with Gasteiger partial charge in [-0.2, -0.15) is 5.26 Å². The Balaban J connectivity index is 1.41. The molecule has 0 unspecified atom stereocenters. The fourth-order valence-corrected chi connectivity index (χ4v) is 3.64. The number of allylic oxidation sites excluding steroid dienone is 1. The van der Waals surface area contributed by atoms with E-state index in [1.54, 1.807) is 25.3 Å². The average molecular weight is 486 g/mol. The largest absolute Gasteiger partial charge is 0.489 e. The first-order chi connectivity index (χ1) is 17.5. The van der Waals surface area contributed by atoms with E-state index in [2.05, 4.69) is 33.2 Å². The molecule has 3 aromatic rings. The molecule has 184 valence electrons. The lowest BCUT2D eigenvalue weighted by atomic mass is 10.1. The van der Waals surface area contributed by atoms with Crippen molar-refractivity contribution < 1.29 is 19.0 Å². The Bertz CT molecular complexity index is 1260. The van der Waals surface area contributed by atoms with Gasteiger partial charge in [0.2, 0.25) is 5.95 Å². The topological polar surface area (TPSA) is 118 Å². The number of ether oxygens (including phenoxy) is 3. The average Bonchev–Trinajstić information content (AvgIpc) is 2.89. The number of anilines is 2. The first kappa shape index (κ1) is 24.7. The van der Waals surface area contributed by atoms with Gasteiger partial charge in [0.05, 0.1) is 30.2 Å². The smallest absolute Gasteiger partial charge is 0.412 e. The van der Waals surface area contributed by atoms with Gasteiger partial charge in [0.1, 0.15) is 17.9 Å². The molecule has 36 heavy (non-hydrogen) atoms. The Hall–Kier alpha value is -4.42. The summed E-state index contributed by atoms with van der Waals surface area (Å²) in [7, 11) is 0. The molecule has 1 aliphatic rings. The Morgan fingerprint density at radius 3 is 2.69 bits per heavy atom. The van der Waals surface area contributed by atoms with Crippen LogP contribution >= 0.6 is 0 Å². The van der Waals surface area contributed by atoms with E-state index in [0.717, 1.165) is 29.7 Å². The van der Waals surface area contributed by atoms with E-state index in [1.807, 2.05) is 36.4 Å². The Labute approximate surface area is 209 Å². The van der Waals surface area contributed by atoms with Crippen molar-refractivity contribution in [1.82, 2.24) is 15.3 Å². The molecule has 1 saturated heterocycles. The van der Waals surface area contributed by atoms with Gasteiger partial charge >= 0.3 is 6.09 Å². The summed E-state index contributed by atoms with van der Waals surface area (Å²) in [5, 5.41) is 15.5. The lowest BCUT2D eigenvalue weighted by Crippen LogP contribution is -2.26. The number of amides is 1. The molecule has 1 amide bonds. The number of nitriles is 1. The fraction of sp³-hybridized carbons (Fsp3) is 0.259. The van der Waals surface area contributed by atoms with Crippen LogP contribution in [0.5, 0.6) is 5.75 Å². The number of nitrogens with zero attached hydrogens (tertiary/aromatic N) is 3. The third-order valence-electron chi connectivity index (χ3n) is 5.43. The van der Waals surface area contributed by atoms with Gasteiger partial charge < -0.3 is 24.8 Å². The summed E-state index contributed by atoms with van der Waals surface area (Å²) in [6, 6.07) is 17.0. The molecule has 1 fully saturated rings. The van der Waals surface area contributed by atoms with Gasteiger partial charge in [0, 0.05) is 36.8 Å². The molecule has 1 aliphatic heterocycles. The van der Waals surface area contributed by atoms with Crippen molar-refractivity contribution in [3.63, 3.8) is 0 Å². The molecule has 2 heterocycles. The molecular formula is C27H27N5O4. The Kier molecular flexibility index (Phi) is 8.11. The predicted octanol–water partition coefficient (Wildman–Crippen LogP) is 5.08. The molecule has 0 spiro atoms. The van der Waals surface area contributed by atoms with Gasteiger partial charge in [-0.3, -0.25) is 0 Å². The molecule has 2 N–H and O–H groups in total. The minimum atomic E-state index is -0.544. The molecule has 0 bridgehead atoms. The monoisotopic (exact) mass is 485 g/mol. The number of alkyl carbamates (subject to hydrolysis) is 1. The van der Waals surface area contributed by atoms with Crippen LogP contribution in [0.4, 0.5) is 16.4 Å². The molecule has 9 heteroatoms. The van der Waals surface area contributed by atoms with Gasteiger partial charge in [-0.15, -0.1) is 0 Å². The first-order valence-electron chi connectivity index (χ1n) is 11.6. The fourth-order valence-electron chi connectivity index (χ4n) is 3.64. The highest BCUT2D eigenvalue weighted by molar-refractivity contribution is 5.68. The summed E-state index contributed by atoms with van der Waals surface area (Å²) < 4.78 is 16.3. The first-order valence-corrected chi connectivity index (χ1v) is 11.6. The van der Waals surface area contributed by atoms with E-state index in [1.165, 1.54) is 0 Å². The zero-order valence-electron chi connectivity index (χ0n) is 20.0. The molecule has 0 aliphatic carbocycles. The van der Waals surface area contributed by atoms with Gasteiger partial charge in [-0.05, 0) is 48.9 Å². The summed E-state index contributed by atoms with van der Waals surface area (Å²) in [5.74, 6) is 1.32. The maximum Gasteiger partial charge on any atom is 0.412 e. The zero-order chi connectivity index (χ0) is 25.3. The number of carbonyl (C=O) groups is 1. The molecule has 4 rings (SSSR count). The van der Waals surface area contributed by atoms with Crippen LogP contribution in [-0.2, 0) is 16.0 Å². The second-order valence-corrected chi connectivity index (χ2v) is 8.28. The number of nitrogens with one attached hydrogen (secondary N) is 2. The van der Waals surface area contributed by atoms with E-state index in [-0.39, 0.29) is 6.10 Å². The SMILES string of the molecule is C=C(C)OC(=O)NCc1ccc(Nc2nccc(-c3ccc(OC4CCOCC4)c(C#N)c3)n2)cc1. The molecule has 0 saturated carbocycles. The number of hydrogen-bond acceptors (Lipinski definition) is 8. The molecule has 2 aromatic carbocycles. The Morgan fingerprint density at radius 1 is 1.19 bits per heavy atom. The van der Waals surface area contributed by atoms with Crippen LogP contribution in [0.25, 0.3) is 11.3 Å². The lowest BCUT2D eigenvalue weighted by molar-refractivity contribution is 0.0254. The number of rotatable bonds is 8. The highest BCUT2D eigenvalue weighted by Gasteiger charge is 2.17. The van der Waals surface area contributed by atoms with Crippen molar-refractivity contribution in [1.29, 1.82) is 5.26 Å². The van der Waals surface area contributed by atoms with Crippen LogP contribution in [0.1, 0.15) is 30.9 Å². The highest BCUT2D eigenvalue weighted by atomic mass is 16.6. The van der Waals surface area contributed by atoms with Gasteiger partial charge in [-0.25, -0.2) is 14.8 Å². The third kappa shape index (κ3) is 6.81. The van der Waals surface area contributed by atoms with Gasteiger partial charge in [0.15, 0.2) is 0 Å². The molecular weight excluding hydrogens is 458 g/mol. The minimum absolute atomic E-state index is 0.0545. The van der Waals surface area contributed by atoms with Crippen LogP contribution in [0.15, 0.2) is 67.1 Å². The summed E-state index contributed by atoms with van der Waals surface area (Å²) >= 11 is 0. The lowest BCUT2D eigenvalue weighted by Gasteiger charge is -2.23. The van der Waals surface area contributed by atoms with Gasteiger partial charge in [0.25, 0.3) is 0 Å². The molecule has 1 aromatic heterocycles. The molecule has 0 atom stereocenters. The summed E-state index contributed by atoms with van der Waals surface area (Å²) in [6.45, 7) is 6.81. The van der Waals surface area contributed by atoms with Gasteiger partial charge in [-0.1, -0.05) is 18.7 Å². The second-order valence-electron chi connectivity index (χ2n) is 8.28. The summed E-state index contributed by atoms with van der Waals surface area (Å²) in [4.78, 5) is 20.5. The van der Waals surface area contributed by atoms with E-state index >= 15 is 0 Å². The second kappa shape index (κ2) is 11.8. The molecule has 0 radical (unpaired) electrons. The van der Waals surface area contributed by atoms with E-state index in [0.29, 0.717) is 48.5 Å². The van der Waals surface area contributed by atoms with Crippen molar-refractivity contribution in [3.05, 3.63) is 78.2 Å². The van der Waals surface area contributed by atoms with E-state index in [9.17, 15) is 10.1 Å². The van der Waals surface area contributed by atoms with Crippen LogP contribution < -0.4 is 15.4 Å². The maximum absolute atomic E-state index is 11.6. The van der Waals surface area contributed by atoms with Crippen molar-refractivity contribution in [2.45, 2.75) is 32.4 Å². The number of hydrogen-bond donors (Lipinski definition) is 2. The standard InChI is InChI=1S/C27H27N5O4/c1-18(2)35-27(33)30-17-19-3-6-22(7-4-19)31-26-29-12-9-24(32-26)20-5-8-25(21(15-20)16-28)36-23-10-13-34-14-11-23/h3-9,12,15,23H,1,10-11,13-14,17H2,2H3,(H,30,33)(H,29,31,32). The predicted molar refractivity (Wildman–Crippen MR) is 135 cm³/mol. The number of benzene rings is 2. The van der Waals surface area contributed by atoms with Crippen LogP contribution in [0, 0.1) is 11.3 Å². The van der Waals surface area contributed by atoms with Crippen molar-refractivity contribution in [2.75, 3.05) is 18.5 Å².